The summed E-state index contributed by atoms with van der Waals surface area (Å²) >= 11 is 0. The van der Waals surface area contributed by atoms with Crippen molar-refractivity contribution in [3.63, 3.8) is 0 Å². The number of aromatic nitrogens is 2. The smallest absolute Gasteiger partial charge is 0.321 e. The minimum Gasteiger partial charge on any atom is -0.492 e. The number of rotatable bonds is 6. The van der Waals surface area contributed by atoms with E-state index >= 15 is 0 Å². The Hall–Kier alpha value is -2.50. The molecule has 26 heavy (non-hydrogen) atoms. The number of piperidine rings is 1. The molecule has 0 saturated carbocycles. The lowest BCUT2D eigenvalue weighted by Gasteiger charge is -2.32. The number of anilines is 1. The molecule has 1 N–H and O–H groups in total. The third-order valence-corrected chi connectivity index (χ3v) is 4.90. The normalized spacial score (nSPS) is 15.1. The second-order valence-electron chi connectivity index (χ2n) is 6.64. The van der Waals surface area contributed by atoms with Crippen molar-refractivity contribution in [3.8, 4) is 5.75 Å². The Balaban J connectivity index is 1.52. The standard InChI is InChI=1S/C20H28N4O2/c1-3-19-21-11-14-24(19)15-16-9-12-23(13-10-16)20(25)22-17-7-5-6-8-18(17)26-4-2/h5-8,11,14,16H,3-4,9-10,12-13,15H2,1-2H3,(H,22,25). The van der Waals surface area contributed by atoms with Crippen molar-refractivity contribution in [3.05, 3.63) is 42.5 Å². The van der Waals surface area contributed by atoms with Crippen LogP contribution in [0, 0.1) is 5.92 Å². The fourth-order valence-corrected chi connectivity index (χ4v) is 3.46. The summed E-state index contributed by atoms with van der Waals surface area (Å²) in [6, 6.07) is 7.52. The molecule has 0 bridgehead atoms. The molecule has 2 heterocycles. The molecule has 6 heteroatoms. The second-order valence-corrected chi connectivity index (χ2v) is 6.64. The van der Waals surface area contributed by atoms with Gasteiger partial charge in [-0.2, -0.15) is 0 Å². The van der Waals surface area contributed by atoms with E-state index in [1.165, 1.54) is 0 Å². The number of benzene rings is 1. The van der Waals surface area contributed by atoms with Gasteiger partial charge in [-0.15, -0.1) is 0 Å². The molecular weight excluding hydrogens is 328 g/mol. The van der Waals surface area contributed by atoms with E-state index in [1.54, 1.807) is 0 Å². The van der Waals surface area contributed by atoms with E-state index in [9.17, 15) is 4.79 Å². The molecule has 1 aromatic heterocycles. The van der Waals surface area contributed by atoms with Crippen LogP contribution in [0.25, 0.3) is 0 Å². The van der Waals surface area contributed by atoms with Gasteiger partial charge in [0.25, 0.3) is 0 Å². The number of ether oxygens (including phenoxy) is 1. The van der Waals surface area contributed by atoms with Crippen LogP contribution in [-0.4, -0.2) is 40.2 Å². The van der Waals surface area contributed by atoms with E-state index in [0.29, 0.717) is 18.3 Å². The quantitative estimate of drug-likeness (QED) is 0.857. The molecule has 1 fully saturated rings. The topological polar surface area (TPSA) is 59.4 Å². The molecule has 6 nitrogen and oxygen atoms in total. The average molecular weight is 356 g/mol. The Labute approximate surface area is 155 Å². The Bertz CT molecular complexity index is 720. The van der Waals surface area contributed by atoms with Crippen LogP contribution in [-0.2, 0) is 13.0 Å². The molecule has 0 atom stereocenters. The molecule has 1 aliphatic rings. The van der Waals surface area contributed by atoms with Gasteiger partial charge in [-0.1, -0.05) is 19.1 Å². The fraction of sp³-hybridized carbons (Fsp3) is 0.500. The Morgan fingerprint density at radius 2 is 2.04 bits per heavy atom. The van der Waals surface area contributed by atoms with Gasteiger partial charge in [0, 0.05) is 38.4 Å². The first kappa shape index (κ1) is 18.3. The van der Waals surface area contributed by atoms with Crippen LogP contribution in [0.15, 0.2) is 36.7 Å². The van der Waals surface area contributed by atoms with Crippen LogP contribution in [0.1, 0.15) is 32.5 Å². The van der Waals surface area contributed by atoms with Gasteiger partial charge in [0.15, 0.2) is 0 Å². The van der Waals surface area contributed by atoms with Gasteiger partial charge in [-0.25, -0.2) is 9.78 Å². The van der Waals surface area contributed by atoms with Gasteiger partial charge < -0.3 is 19.5 Å². The summed E-state index contributed by atoms with van der Waals surface area (Å²) in [5.41, 5.74) is 0.729. The van der Waals surface area contributed by atoms with Gasteiger partial charge in [0.1, 0.15) is 11.6 Å². The highest BCUT2D eigenvalue weighted by Crippen LogP contribution is 2.25. The highest BCUT2D eigenvalue weighted by Gasteiger charge is 2.24. The number of urea groups is 1. The van der Waals surface area contributed by atoms with Crippen molar-refractivity contribution in [1.29, 1.82) is 0 Å². The lowest BCUT2D eigenvalue weighted by atomic mass is 9.97. The van der Waals surface area contributed by atoms with Crippen molar-refractivity contribution in [2.24, 2.45) is 5.92 Å². The number of carbonyl (C=O) groups is 1. The first-order valence-corrected chi connectivity index (χ1v) is 9.49. The SMILES string of the molecule is CCOc1ccccc1NC(=O)N1CCC(Cn2ccnc2CC)CC1. The van der Waals surface area contributed by atoms with E-state index in [2.05, 4.69) is 28.0 Å². The van der Waals surface area contributed by atoms with Crippen LogP contribution in [0.4, 0.5) is 10.5 Å². The summed E-state index contributed by atoms with van der Waals surface area (Å²) in [5.74, 6) is 2.44. The van der Waals surface area contributed by atoms with Crippen LogP contribution in [0.3, 0.4) is 0 Å². The van der Waals surface area contributed by atoms with Gasteiger partial charge in [-0.05, 0) is 37.8 Å². The first-order valence-electron chi connectivity index (χ1n) is 9.49. The van der Waals surface area contributed by atoms with Gasteiger partial charge in [-0.3, -0.25) is 0 Å². The lowest BCUT2D eigenvalue weighted by molar-refractivity contribution is 0.176. The summed E-state index contributed by atoms with van der Waals surface area (Å²) in [4.78, 5) is 18.9. The minimum atomic E-state index is -0.0486. The zero-order valence-electron chi connectivity index (χ0n) is 15.6. The largest absolute Gasteiger partial charge is 0.492 e. The van der Waals surface area contributed by atoms with Crippen molar-refractivity contribution < 1.29 is 9.53 Å². The number of nitrogens with zero attached hydrogens (tertiary/aromatic N) is 3. The van der Waals surface area contributed by atoms with Crippen LogP contribution in [0.5, 0.6) is 5.75 Å². The van der Waals surface area contributed by atoms with E-state index in [-0.39, 0.29) is 6.03 Å². The Kier molecular flexibility index (Phi) is 6.15. The monoisotopic (exact) mass is 356 g/mol. The summed E-state index contributed by atoms with van der Waals surface area (Å²) in [6.07, 6.45) is 6.91. The van der Waals surface area contributed by atoms with Crippen molar-refractivity contribution >= 4 is 11.7 Å². The molecule has 1 aliphatic heterocycles. The highest BCUT2D eigenvalue weighted by atomic mass is 16.5. The fourth-order valence-electron chi connectivity index (χ4n) is 3.46. The Morgan fingerprint density at radius 3 is 2.77 bits per heavy atom. The number of para-hydroxylation sites is 2. The number of hydrogen-bond acceptors (Lipinski definition) is 3. The number of carbonyl (C=O) groups excluding carboxylic acids is 1. The number of aryl methyl sites for hydroxylation is 1. The van der Waals surface area contributed by atoms with Crippen LogP contribution < -0.4 is 10.1 Å². The molecule has 140 valence electrons. The summed E-state index contributed by atoms with van der Waals surface area (Å²) in [6.45, 7) is 7.20. The van der Waals surface area contributed by atoms with Crippen molar-refractivity contribution in [1.82, 2.24) is 14.5 Å². The lowest BCUT2D eigenvalue weighted by Crippen LogP contribution is -2.41. The molecule has 1 saturated heterocycles. The number of imidazole rings is 1. The maximum Gasteiger partial charge on any atom is 0.321 e. The maximum atomic E-state index is 12.6. The first-order chi connectivity index (χ1) is 12.7. The van der Waals surface area contributed by atoms with Crippen LogP contribution in [0.2, 0.25) is 0 Å². The van der Waals surface area contributed by atoms with Crippen molar-refractivity contribution in [2.45, 2.75) is 39.7 Å². The van der Waals surface area contributed by atoms with E-state index < -0.39 is 0 Å². The zero-order chi connectivity index (χ0) is 18.4. The molecule has 0 spiro atoms. The number of likely N-dealkylation sites (tertiary alicyclic amines) is 1. The summed E-state index contributed by atoms with van der Waals surface area (Å²) in [7, 11) is 0. The van der Waals surface area contributed by atoms with Gasteiger partial charge in [0.05, 0.1) is 12.3 Å². The summed E-state index contributed by atoms with van der Waals surface area (Å²) < 4.78 is 7.83. The van der Waals surface area contributed by atoms with E-state index in [1.807, 2.05) is 42.3 Å². The van der Waals surface area contributed by atoms with Crippen LogP contribution >= 0.6 is 0 Å². The molecule has 2 aromatic rings. The van der Waals surface area contributed by atoms with Crippen molar-refractivity contribution in [2.75, 3.05) is 25.0 Å². The molecule has 3 rings (SSSR count). The number of nitrogens with one attached hydrogen (secondary N) is 1. The predicted octanol–water partition coefficient (Wildman–Crippen LogP) is 3.79. The molecule has 0 aliphatic carbocycles. The highest BCUT2D eigenvalue weighted by molar-refractivity contribution is 5.91. The number of amides is 2. The minimum absolute atomic E-state index is 0.0486. The number of hydrogen-bond donors (Lipinski definition) is 1. The maximum absolute atomic E-state index is 12.6. The molecule has 1 aromatic carbocycles. The van der Waals surface area contributed by atoms with E-state index in [0.717, 1.165) is 50.4 Å². The molecule has 2 amide bonds. The Morgan fingerprint density at radius 1 is 1.27 bits per heavy atom. The molecule has 0 unspecified atom stereocenters. The second kappa shape index (κ2) is 8.74. The predicted molar refractivity (Wildman–Crippen MR) is 103 cm³/mol. The third-order valence-electron chi connectivity index (χ3n) is 4.90. The van der Waals surface area contributed by atoms with Gasteiger partial charge in [0.2, 0.25) is 0 Å². The summed E-state index contributed by atoms with van der Waals surface area (Å²) in [5, 5.41) is 2.99. The molecule has 0 radical (unpaired) electrons. The average Bonchev–Trinajstić information content (AvgIpc) is 3.11. The van der Waals surface area contributed by atoms with E-state index in [4.69, 9.17) is 4.74 Å². The molecular formula is C20H28N4O2. The third kappa shape index (κ3) is 4.36. The van der Waals surface area contributed by atoms with Gasteiger partial charge >= 0.3 is 6.03 Å². The zero-order valence-corrected chi connectivity index (χ0v) is 15.6.